The Labute approximate surface area is 143 Å². The monoisotopic (exact) mass is 356 g/mol. The van der Waals surface area contributed by atoms with Crippen molar-refractivity contribution in [2.75, 3.05) is 18.8 Å². The quantitative estimate of drug-likeness (QED) is 0.754. The third-order valence-electron chi connectivity index (χ3n) is 4.26. The highest BCUT2D eigenvalue weighted by Gasteiger charge is 2.39. The minimum absolute atomic E-state index is 0.0623. The highest BCUT2D eigenvalue weighted by Crippen LogP contribution is 2.24. The van der Waals surface area contributed by atoms with E-state index < -0.39 is 16.1 Å². The Balaban J connectivity index is 2.15. The zero-order chi connectivity index (χ0) is 17.7. The van der Waals surface area contributed by atoms with Crippen LogP contribution in [0.5, 0.6) is 0 Å². The van der Waals surface area contributed by atoms with Crippen molar-refractivity contribution in [2.24, 2.45) is 0 Å². The second-order valence-electron chi connectivity index (χ2n) is 6.07. The molecular formula is C17H25FN2O3S. The van der Waals surface area contributed by atoms with E-state index in [0.717, 1.165) is 0 Å². The molecular weight excluding hydrogens is 331 g/mol. The molecule has 1 atom stereocenters. The fourth-order valence-electron chi connectivity index (χ4n) is 3.11. The van der Waals surface area contributed by atoms with Crippen molar-refractivity contribution in [1.82, 2.24) is 9.21 Å². The second-order valence-corrected chi connectivity index (χ2v) is 8.11. The average Bonchev–Trinajstić information content (AvgIpc) is 3.02. The van der Waals surface area contributed by atoms with Crippen molar-refractivity contribution in [3.63, 3.8) is 0 Å². The van der Waals surface area contributed by atoms with Crippen molar-refractivity contribution >= 4 is 15.9 Å². The van der Waals surface area contributed by atoms with Crippen LogP contribution in [0, 0.1) is 5.82 Å². The van der Waals surface area contributed by atoms with Gasteiger partial charge in [-0.15, -0.1) is 0 Å². The summed E-state index contributed by atoms with van der Waals surface area (Å²) in [5.74, 6) is -0.477. The molecule has 0 N–H and O–H groups in total. The summed E-state index contributed by atoms with van der Waals surface area (Å²) in [7, 11) is -3.40. The molecule has 1 fully saturated rings. The molecule has 2 rings (SSSR count). The van der Waals surface area contributed by atoms with E-state index >= 15 is 0 Å². The summed E-state index contributed by atoms with van der Waals surface area (Å²) in [5, 5.41) is 0. The number of carbonyl (C=O) groups excluding carboxylic acids is 1. The standard InChI is InChI=1S/C17H25FN2O3S/c1-3-11-24(22,23)20-10-6-9-16(20)17(21)19(4-2)13-14-7-5-8-15(18)12-14/h5,7-8,12,16H,3-4,6,9-11,13H2,1-2H3. The van der Waals surface area contributed by atoms with Gasteiger partial charge in [0, 0.05) is 19.6 Å². The maximum atomic E-state index is 13.3. The number of hydrogen-bond donors (Lipinski definition) is 0. The van der Waals surface area contributed by atoms with E-state index in [1.807, 2.05) is 13.8 Å². The van der Waals surface area contributed by atoms with E-state index in [9.17, 15) is 17.6 Å². The third-order valence-corrected chi connectivity index (χ3v) is 6.34. The number of sulfonamides is 1. The molecule has 7 heteroatoms. The SMILES string of the molecule is CCCS(=O)(=O)N1CCCC1C(=O)N(CC)Cc1cccc(F)c1. The molecule has 134 valence electrons. The van der Waals surface area contributed by atoms with Gasteiger partial charge >= 0.3 is 0 Å². The number of benzene rings is 1. The molecule has 1 aliphatic heterocycles. The summed E-state index contributed by atoms with van der Waals surface area (Å²) in [5.41, 5.74) is 0.700. The smallest absolute Gasteiger partial charge is 0.241 e. The van der Waals surface area contributed by atoms with E-state index in [-0.39, 0.29) is 24.0 Å². The molecule has 1 heterocycles. The average molecular weight is 356 g/mol. The zero-order valence-corrected chi connectivity index (χ0v) is 15.1. The molecule has 1 aromatic rings. The Kier molecular flexibility index (Phi) is 6.34. The van der Waals surface area contributed by atoms with Crippen LogP contribution in [-0.2, 0) is 21.4 Å². The molecule has 1 aliphatic rings. The van der Waals surface area contributed by atoms with Crippen LogP contribution in [0.2, 0.25) is 0 Å². The first-order valence-corrected chi connectivity index (χ1v) is 10.0. The van der Waals surface area contributed by atoms with Crippen molar-refractivity contribution in [3.8, 4) is 0 Å². The van der Waals surface area contributed by atoms with Gasteiger partial charge in [0.05, 0.1) is 5.75 Å². The van der Waals surface area contributed by atoms with Crippen molar-refractivity contribution < 1.29 is 17.6 Å². The first-order valence-electron chi connectivity index (χ1n) is 8.41. The maximum Gasteiger partial charge on any atom is 0.241 e. The van der Waals surface area contributed by atoms with Crippen molar-refractivity contribution in [2.45, 2.75) is 45.7 Å². The lowest BCUT2D eigenvalue weighted by atomic mass is 10.1. The van der Waals surface area contributed by atoms with Gasteiger partial charge in [0.1, 0.15) is 11.9 Å². The summed E-state index contributed by atoms with van der Waals surface area (Å²) < 4.78 is 39.4. The van der Waals surface area contributed by atoms with Crippen LogP contribution < -0.4 is 0 Å². The Morgan fingerprint density at radius 2 is 2.12 bits per heavy atom. The Bertz CT molecular complexity index is 678. The first kappa shape index (κ1) is 18.9. The summed E-state index contributed by atoms with van der Waals surface area (Å²) in [6.07, 6.45) is 1.76. The molecule has 1 aromatic carbocycles. The van der Waals surface area contributed by atoms with Crippen molar-refractivity contribution in [1.29, 1.82) is 0 Å². The largest absolute Gasteiger partial charge is 0.337 e. The number of likely N-dealkylation sites (N-methyl/N-ethyl adjacent to an activating group) is 1. The molecule has 0 radical (unpaired) electrons. The zero-order valence-electron chi connectivity index (χ0n) is 14.2. The number of amides is 1. The van der Waals surface area contributed by atoms with Gasteiger partial charge in [0.15, 0.2) is 0 Å². The van der Waals surface area contributed by atoms with Gasteiger partial charge in [0.2, 0.25) is 15.9 Å². The Morgan fingerprint density at radius 1 is 1.38 bits per heavy atom. The summed E-state index contributed by atoms with van der Waals surface area (Å²) in [4.78, 5) is 14.4. The minimum Gasteiger partial charge on any atom is -0.337 e. The van der Waals surface area contributed by atoms with E-state index in [1.165, 1.54) is 16.4 Å². The highest BCUT2D eigenvalue weighted by molar-refractivity contribution is 7.89. The molecule has 0 aliphatic carbocycles. The third kappa shape index (κ3) is 4.33. The number of hydrogen-bond acceptors (Lipinski definition) is 3. The van der Waals surface area contributed by atoms with Crippen LogP contribution in [0.25, 0.3) is 0 Å². The van der Waals surface area contributed by atoms with Crippen molar-refractivity contribution in [3.05, 3.63) is 35.6 Å². The predicted molar refractivity (Wildman–Crippen MR) is 91.3 cm³/mol. The summed E-state index contributed by atoms with van der Waals surface area (Å²) >= 11 is 0. The number of halogens is 1. The molecule has 1 amide bonds. The van der Waals surface area contributed by atoms with Gasteiger partial charge in [0.25, 0.3) is 0 Å². The number of carbonyl (C=O) groups is 1. The molecule has 1 unspecified atom stereocenters. The van der Waals surface area contributed by atoms with Crippen LogP contribution in [0.15, 0.2) is 24.3 Å². The summed E-state index contributed by atoms with van der Waals surface area (Å²) in [6, 6.07) is 5.50. The lowest BCUT2D eigenvalue weighted by Gasteiger charge is -2.29. The van der Waals surface area contributed by atoms with Crippen LogP contribution in [0.3, 0.4) is 0 Å². The van der Waals surface area contributed by atoms with Gasteiger partial charge in [-0.05, 0) is 43.9 Å². The Hall–Kier alpha value is -1.47. The molecule has 0 bridgehead atoms. The molecule has 0 saturated carbocycles. The lowest BCUT2D eigenvalue weighted by Crippen LogP contribution is -2.48. The van der Waals surface area contributed by atoms with Gasteiger partial charge in [-0.25, -0.2) is 12.8 Å². The summed E-state index contributed by atoms with van der Waals surface area (Å²) in [6.45, 7) is 4.79. The molecule has 5 nitrogen and oxygen atoms in total. The van der Waals surface area contributed by atoms with E-state index in [1.54, 1.807) is 17.0 Å². The van der Waals surface area contributed by atoms with Gasteiger partial charge in [-0.1, -0.05) is 19.1 Å². The molecule has 0 spiro atoms. The number of rotatable bonds is 7. The topological polar surface area (TPSA) is 57.7 Å². The predicted octanol–water partition coefficient (Wildman–Crippen LogP) is 2.38. The molecule has 1 saturated heterocycles. The minimum atomic E-state index is -3.40. The lowest BCUT2D eigenvalue weighted by molar-refractivity contribution is -0.135. The highest BCUT2D eigenvalue weighted by atomic mass is 32.2. The fraction of sp³-hybridized carbons (Fsp3) is 0.588. The second kappa shape index (κ2) is 8.07. The van der Waals surface area contributed by atoms with E-state index in [4.69, 9.17) is 0 Å². The first-order chi connectivity index (χ1) is 11.4. The van der Waals surface area contributed by atoms with Gasteiger partial charge in [-0.2, -0.15) is 4.31 Å². The van der Waals surface area contributed by atoms with Crippen LogP contribution in [0.4, 0.5) is 4.39 Å². The van der Waals surface area contributed by atoms with Gasteiger partial charge in [-0.3, -0.25) is 4.79 Å². The maximum absolute atomic E-state index is 13.3. The molecule has 24 heavy (non-hydrogen) atoms. The van der Waals surface area contributed by atoms with E-state index in [0.29, 0.717) is 37.9 Å². The van der Waals surface area contributed by atoms with Crippen LogP contribution >= 0.6 is 0 Å². The normalized spacial score (nSPS) is 18.7. The molecule has 0 aromatic heterocycles. The van der Waals surface area contributed by atoms with Crippen LogP contribution in [0.1, 0.15) is 38.7 Å². The fourth-order valence-corrected chi connectivity index (χ4v) is 4.85. The Morgan fingerprint density at radius 3 is 2.75 bits per heavy atom. The van der Waals surface area contributed by atoms with Crippen LogP contribution in [-0.4, -0.2) is 48.4 Å². The number of nitrogens with zero attached hydrogens (tertiary/aromatic N) is 2. The van der Waals surface area contributed by atoms with Gasteiger partial charge < -0.3 is 4.90 Å². The van der Waals surface area contributed by atoms with E-state index in [2.05, 4.69) is 0 Å².